The van der Waals surface area contributed by atoms with Crippen LogP contribution in [0.25, 0.3) is 0 Å². The molecule has 1 heterocycles. The Hall–Kier alpha value is -1.24. The predicted molar refractivity (Wildman–Crippen MR) is 86.9 cm³/mol. The molecule has 0 unspecified atom stereocenters. The summed E-state index contributed by atoms with van der Waals surface area (Å²) in [5.74, 6) is -0.443. The second kappa shape index (κ2) is 5.76. The Labute approximate surface area is 137 Å². The van der Waals surface area contributed by atoms with Gasteiger partial charge in [-0.1, -0.05) is 28.1 Å². The Balaban J connectivity index is 2.14. The van der Waals surface area contributed by atoms with E-state index < -0.39 is 20.4 Å². The van der Waals surface area contributed by atoms with Crippen LogP contribution in [0, 0.1) is 5.82 Å². The van der Waals surface area contributed by atoms with Gasteiger partial charge in [0, 0.05) is 11.0 Å². The molecule has 0 radical (unpaired) electrons. The van der Waals surface area contributed by atoms with Gasteiger partial charge >= 0.3 is 0 Å². The zero-order valence-electron chi connectivity index (χ0n) is 11.7. The van der Waals surface area contributed by atoms with E-state index in [9.17, 15) is 12.8 Å². The van der Waals surface area contributed by atoms with Gasteiger partial charge in [-0.3, -0.25) is 0 Å². The van der Waals surface area contributed by atoms with E-state index in [-0.39, 0.29) is 4.90 Å². The number of halogens is 2. The maximum atomic E-state index is 13.2. The van der Waals surface area contributed by atoms with Crippen molar-refractivity contribution in [1.29, 1.82) is 0 Å². The molecular weight excluding hydrogens is 369 g/mol. The Morgan fingerprint density at radius 1 is 1.05 bits per heavy atom. The molecule has 0 aliphatic carbocycles. The monoisotopic (exact) mass is 383 g/mol. The summed E-state index contributed by atoms with van der Waals surface area (Å²) in [6.07, 6.45) is 0.494. The molecule has 1 N–H and O–H groups in total. The van der Waals surface area contributed by atoms with Crippen molar-refractivity contribution in [3.05, 3.63) is 64.4 Å². The normalized spacial score (nSPS) is 21.9. The highest BCUT2D eigenvalue weighted by Crippen LogP contribution is 2.40. The first-order chi connectivity index (χ1) is 10.5. The van der Waals surface area contributed by atoms with E-state index in [1.54, 1.807) is 0 Å². The van der Waals surface area contributed by atoms with Crippen LogP contribution in [0.3, 0.4) is 0 Å². The molecule has 3 rings (SSSR count). The number of sulfone groups is 1. The summed E-state index contributed by atoms with van der Waals surface area (Å²) in [6, 6.07) is 12.4. The SMILES string of the molecule is O=S(=O)(c1ccc(F)cc1)[C@]1(c2ccc(Br)cc2)CCNC1. The summed E-state index contributed by atoms with van der Waals surface area (Å²) in [5, 5.41) is 3.15. The molecule has 2 aromatic rings. The molecule has 1 fully saturated rings. The van der Waals surface area contributed by atoms with Gasteiger partial charge in [0.1, 0.15) is 10.6 Å². The van der Waals surface area contributed by atoms with Gasteiger partial charge in [0.05, 0.1) is 4.90 Å². The van der Waals surface area contributed by atoms with Gasteiger partial charge in [-0.25, -0.2) is 12.8 Å². The molecule has 1 aliphatic heterocycles. The van der Waals surface area contributed by atoms with Crippen LogP contribution in [0.15, 0.2) is 57.9 Å². The molecule has 0 saturated carbocycles. The molecule has 0 amide bonds. The summed E-state index contributed by atoms with van der Waals surface area (Å²) in [7, 11) is -3.63. The predicted octanol–water partition coefficient (Wildman–Crippen LogP) is 3.25. The smallest absolute Gasteiger partial charge is 0.189 e. The van der Waals surface area contributed by atoms with Crippen molar-refractivity contribution in [2.75, 3.05) is 13.1 Å². The molecule has 22 heavy (non-hydrogen) atoms. The maximum absolute atomic E-state index is 13.2. The summed E-state index contributed by atoms with van der Waals surface area (Å²) in [5.41, 5.74) is 0.755. The number of hydrogen-bond acceptors (Lipinski definition) is 3. The lowest BCUT2D eigenvalue weighted by atomic mass is 9.97. The number of benzene rings is 2. The zero-order valence-corrected chi connectivity index (χ0v) is 14.1. The zero-order chi connectivity index (χ0) is 15.8. The molecular formula is C16H15BrFNO2S. The third-order valence-electron chi connectivity index (χ3n) is 4.12. The van der Waals surface area contributed by atoms with E-state index in [1.807, 2.05) is 24.3 Å². The first kappa shape index (κ1) is 15.6. The molecule has 0 spiro atoms. The van der Waals surface area contributed by atoms with Crippen molar-refractivity contribution in [3.63, 3.8) is 0 Å². The summed E-state index contributed by atoms with van der Waals surface area (Å²) >= 11 is 3.37. The lowest BCUT2D eigenvalue weighted by Gasteiger charge is -2.29. The Morgan fingerprint density at radius 3 is 2.23 bits per heavy atom. The molecule has 2 aromatic carbocycles. The van der Waals surface area contributed by atoms with Crippen LogP contribution in [0.5, 0.6) is 0 Å². The van der Waals surface area contributed by atoms with Gasteiger partial charge in [0.15, 0.2) is 9.84 Å². The second-order valence-electron chi connectivity index (χ2n) is 5.39. The molecule has 116 valence electrons. The van der Waals surface area contributed by atoms with E-state index in [0.29, 0.717) is 19.5 Å². The van der Waals surface area contributed by atoms with Crippen molar-refractivity contribution in [1.82, 2.24) is 5.32 Å². The van der Waals surface area contributed by atoms with Gasteiger partial charge in [-0.2, -0.15) is 0 Å². The quantitative estimate of drug-likeness (QED) is 0.827. The van der Waals surface area contributed by atoms with Gasteiger partial charge in [-0.05, 0) is 54.9 Å². The van der Waals surface area contributed by atoms with Crippen molar-refractivity contribution in [2.24, 2.45) is 0 Å². The van der Waals surface area contributed by atoms with Crippen LogP contribution in [0.4, 0.5) is 4.39 Å². The van der Waals surface area contributed by atoms with Crippen molar-refractivity contribution in [2.45, 2.75) is 16.1 Å². The minimum Gasteiger partial charge on any atom is -0.315 e. The lowest BCUT2D eigenvalue weighted by molar-refractivity contribution is 0.536. The maximum Gasteiger partial charge on any atom is 0.189 e. The average molecular weight is 384 g/mol. The van der Waals surface area contributed by atoms with Gasteiger partial charge in [-0.15, -0.1) is 0 Å². The van der Waals surface area contributed by atoms with Crippen LogP contribution in [-0.2, 0) is 14.6 Å². The van der Waals surface area contributed by atoms with Crippen LogP contribution in [-0.4, -0.2) is 21.5 Å². The van der Waals surface area contributed by atoms with E-state index >= 15 is 0 Å². The van der Waals surface area contributed by atoms with Crippen LogP contribution >= 0.6 is 15.9 Å². The van der Waals surface area contributed by atoms with Crippen LogP contribution in [0.1, 0.15) is 12.0 Å². The van der Waals surface area contributed by atoms with Gasteiger partial charge in [0.2, 0.25) is 0 Å². The first-order valence-electron chi connectivity index (χ1n) is 6.93. The molecule has 6 heteroatoms. The second-order valence-corrected chi connectivity index (χ2v) is 8.56. The highest BCUT2D eigenvalue weighted by Gasteiger charge is 2.48. The number of rotatable bonds is 3. The van der Waals surface area contributed by atoms with Crippen LogP contribution < -0.4 is 5.32 Å². The van der Waals surface area contributed by atoms with Gasteiger partial charge in [0.25, 0.3) is 0 Å². The fourth-order valence-corrected chi connectivity index (χ4v) is 5.21. The van der Waals surface area contributed by atoms with Crippen LogP contribution in [0.2, 0.25) is 0 Å². The Morgan fingerprint density at radius 2 is 1.68 bits per heavy atom. The van der Waals surface area contributed by atoms with Crippen molar-refractivity contribution >= 4 is 25.8 Å². The summed E-state index contributed by atoms with van der Waals surface area (Å²) < 4.78 is 39.4. The van der Waals surface area contributed by atoms with E-state index in [1.165, 1.54) is 24.3 Å². The van der Waals surface area contributed by atoms with E-state index in [0.717, 1.165) is 10.0 Å². The molecule has 1 atom stereocenters. The highest BCUT2D eigenvalue weighted by molar-refractivity contribution is 9.10. The Bertz CT molecular complexity index is 767. The fraction of sp³-hybridized carbons (Fsp3) is 0.250. The lowest BCUT2D eigenvalue weighted by Crippen LogP contribution is -2.38. The molecule has 1 saturated heterocycles. The first-order valence-corrected chi connectivity index (χ1v) is 9.20. The third kappa shape index (κ3) is 2.49. The number of nitrogens with one attached hydrogen (secondary N) is 1. The molecule has 3 nitrogen and oxygen atoms in total. The third-order valence-corrected chi connectivity index (χ3v) is 7.16. The van der Waals surface area contributed by atoms with Crippen molar-refractivity contribution in [3.8, 4) is 0 Å². The highest BCUT2D eigenvalue weighted by atomic mass is 79.9. The number of hydrogen-bond donors (Lipinski definition) is 1. The summed E-state index contributed by atoms with van der Waals surface area (Å²) in [6.45, 7) is 0.991. The fourth-order valence-electron chi connectivity index (χ4n) is 2.89. The molecule has 0 aromatic heterocycles. The topological polar surface area (TPSA) is 46.2 Å². The Kier molecular flexibility index (Phi) is 4.09. The van der Waals surface area contributed by atoms with E-state index in [4.69, 9.17) is 0 Å². The molecule has 1 aliphatic rings. The molecule has 0 bridgehead atoms. The summed E-state index contributed by atoms with van der Waals surface area (Å²) in [4.78, 5) is 0.153. The minimum atomic E-state index is -3.63. The van der Waals surface area contributed by atoms with E-state index in [2.05, 4.69) is 21.2 Å². The van der Waals surface area contributed by atoms with Crippen molar-refractivity contribution < 1.29 is 12.8 Å². The van der Waals surface area contributed by atoms with Gasteiger partial charge < -0.3 is 5.32 Å². The standard InChI is InChI=1S/C16H15BrFNO2S/c17-13-3-1-12(2-4-13)16(9-10-19-11-16)22(20,21)15-7-5-14(18)6-8-15/h1-8,19H,9-11H2/t16-/m1/s1. The minimum absolute atomic E-state index is 0.153. The largest absolute Gasteiger partial charge is 0.315 e. The average Bonchev–Trinajstić information content (AvgIpc) is 3.00.